The van der Waals surface area contributed by atoms with E-state index in [4.69, 9.17) is 4.74 Å². The third-order valence-corrected chi connectivity index (χ3v) is 2.66. The third-order valence-electron chi connectivity index (χ3n) is 2.66. The lowest BCUT2D eigenvalue weighted by atomic mass is 10.2. The summed E-state index contributed by atoms with van der Waals surface area (Å²) in [5.74, 6) is 0.162. The SMILES string of the molecule is CCCN(C)C(=O)CNCC1CCCO1.Cl. The number of hydrogen-bond donors (Lipinski definition) is 1. The molecule has 1 rings (SSSR count). The van der Waals surface area contributed by atoms with E-state index in [1.165, 1.54) is 0 Å². The van der Waals surface area contributed by atoms with Crippen molar-refractivity contribution in [3.05, 3.63) is 0 Å². The highest BCUT2D eigenvalue weighted by Crippen LogP contribution is 2.10. The monoisotopic (exact) mass is 250 g/mol. The zero-order valence-corrected chi connectivity index (χ0v) is 11.0. The Kier molecular flexibility index (Phi) is 8.61. The average molecular weight is 251 g/mol. The van der Waals surface area contributed by atoms with Gasteiger partial charge in [0.15, 0.2) is 0 Å². The van der Waals surface area contributed by atoms with Crippen LogP contribution in [-0.4, -0.2) is 50.2 Å². The van der Waals surface area contributed by atoms with Crippen molar-refractivity contribution in [3.8, 4) is 0 Å². The Balaban J connectivity index is 0.00000225. The molecule has 4 nitrogen and oxygen atoms in total. The first-order valence-electron chi connectivity index (χ1n) is 5.80. The number of nitrogens with zero attached hydrogens (tertiary/aromatic N) is 1. The van der Waals surface area contributed by atoms with Crippen molar-refractivity contribution in [2.45, 2.75) is 32.3 Å². The summed E-state index contributed by atoms with van der Waals surface area (Å²) in [6.07, 6.45) is 3.59. The summed E-state index contributed by atoms with van der Waals surface area (Å²) >= 11 is 0. The van der Waals surface area contributed by atoms with Gasteiger partial charge in [-0.2, -0.15) is 0 Å². The molecule has 0 aliphatic carbocycles. The van der Waals surface area contributed by atoms with Crippen LogP contribution in [0.5, 0.6) is 0 Å². The molecule has 0 spiro atoms. The van der Waals surface area contributed by atoms with Gasteiger partial charge in [0, 0.05) is 26.7 Å². The lowest BCUT2D eigenvalue weighted by molar-refractivity contribution is -0.129. The van der Waals surface area contributed by atoms with E-state index < -0.39 is 0 Å². The maximum absolute atomic E-state index is 11.5. The molecule has 16 heavy (non-hydrogen) atoms. The summed E-state index contributed by atoms with van der Waals surface area (Å²) < 4.78 is 5.46. The Morgan fingerprint density at radius 1 is 1.56 bits per heavy atom. The van der Waals surface area contributed by atoms with Crippen LogP contribution >= 0.6 is 12.4 Å². The largest absolute Gasteiger partial charge is 0.377 e. The number of carbonyl (C=O) groups excluding carboxylic acids is 1. The highest BCUT2D eigenvalue weighted by molar-refractivity contribution is 5.85. The van der Waals surface area contributed by atoms with E-state index in [0.717, 1.165) is 39.0 Å². The third kappa shape index (κ3) is 5.68. The standard InChI is InChI=1S/C11H22N2O2.ClH/c1-3-6-13(2)11(14)9-12-8-10-5-4-7-15-10;/h10,12H,3-9H2,1-2H3;1H. The fraction of sp³-hybridized carbons (Fsp3) is 0.909. The Hall–Kier alpha value is -0.320. The van der Waals surface area contributed by atoms with Gasteiger partial charge in [0.1, 0.15) is 0 Å². The molecule has 0 saturated carbocycles. The molecule has 1 aliphatic heterocycles. The second kappa shape index (κ2) is 8.79. The van der Waals surface area contributed by atoms with Crippen molar-refractivity contribution in [1.82, 2.24) is 10.2 Å². The van der Waals surface area contributed by atoms with Gasteiger partial charge in [-0.3, -0.25) is 4.79 Å². The lowest BCUT2D eigenvalue weighted by Crippen LogP contribution is -2.38. The van der Waals surface area contributed by atoms with Crippen molar-refractivity contribution < 1.29 is 9.53 Å². The van der Waals surface area contributed by atoms with E-state index in [-0.39, 0.29) is 18.3 Å². The van der Waals surface area contributed by atoms with Crippen LogP contribution in [0.15, 0.2) is 0 Å². The summed E-state index contributed by atoms with van der Waals surface area (Å²) in [6, 6.07) is 0. The van der Waals surface area contributed by atoms with E-state index >= 15 is 0 Å². The second-order valence-corrected chi connectivity index (χ2v) is 4.08. The number of rotatable bonds is 6. The van der Waals surface area contributed by atoms with Crippen molar-refractivity contribution in [3.63, 3.8) is 0 Å². The van der Waals surface area contributed by atoms with Crippen molar-refractivity contribution >= 4 is 18.3 Å². The molecule has 1 heterocycles. The summed E-state index contributed by atoms with van der Waals surface area (Å²) in [5, 5.41) is 3.15. The van der Waals surface area contributed by atoms with Gasteiger partial charge in [0.25, 0.3) is 0 Å². The van der Waals surface area contributed by atoms with Crippen LogP contribution in [0.3, 0.4) is 0 Å². The minimum atomic E-state index is 0. The first-order valence-corrected chi connectivity index (χ1v) is 5.80. The summed E-state index contributed by atoms with van der Waals surface area (Å²) in [4.78, 5) is 13.3. The van der Waals surface area contributed by atoms with Crippen LogP contribution in [0.1, 0.15) is 26.2 Å². The lowest BCUT2D eigenvalue weighted by Gasteiger charge is -2.17. The van der Waals surface area contributed by atoms with E-state index in [0.29, 0.717) is 12.6 Å². The molecule has 5 heteroatoms. The van der Waals surface area contributed by atoms with Crippen LogP contribution in [0.2, 0.25) is 0 Å². The van der Waals surface area contributed by atoms with Crippen molar-refractivity contribution in [2.24, 2.45) is 0 Å². The van der Waals surface area contributed by atoms with Crippen molar-refractivity contribution in [2.75, 3.05) is 33.3 Å². The highest BCUT2D eigenvalue weighted by Gasteiger charge is 2.15. The Morgan fingerprint density at radius 3 is 2.88 bits per heavy atom. The maximum atomic E-state index is 11.5. The van der Waals surface area contributed by atoms with Crippen LogP contribution in [-0.2, 0) is 9.53 Å². The molecular formula is C11H23ClN2O2. The zero-order valence-electron chi connectivity index (χ0n) is 10.2. The van der Waals surface area contributed by atoms with Gasteiger partial charge in [0.2, 0.25) is 5.91 Å². The smallest absolute Gasteiger partial charge is 0.236 e. The second-order valence-electron chi connectivity index (χ2n) is 4.08. The van der Waals surface area contributed by atoms with E-state index in [9.17, 15) is 4.79 Å². The molecule has 1 fully saturated rings. The molecule has 0 aromatic rings. The number of likely N-dealkylation sites (N-methyl/N-ethyl adjacent to an activating group) is 1. The van der Waals surface area contributed by atoms with Crippen LogP contribution in [0, 0.1) is 0 Å². The van der Waals surface area contributed by atoms with Crippen LogP contribution in [0.25, 0.3) is 0 Å². The Labute approximate surface area is 104 Å². The molecule has 0 bridgehead atoms. The van der Waals surface area contributed by atoms with Gasteiger partial charge >= 0.3 is 0 Å². The number of amides is 1. The maximum Gasteiger partial charge on any atom is 0.236 e. The van der Waals surface area contributed by atoms with Crippen molar-refractivity contribution in [1.29, 1.82) is 0 Å². The summed E-state index contributed by atoms with van der Waals surface area (Å²) in [6.45, 7) is 5.00. The molecule has 1 N–H and O–H groups in total. The molecule has 96 valence electrons. The van der Waals surface area contributed by atoms with E-state index in [1.54, 1.807) is 4.90 Å². The van der Waals surface area contributed by atoms with Gasteiger partial charge in [-0.1, -0.05) is 6.92 Å². The fourth-order valence-electron chi connectivity index (χ4n) is 1.74. The van der Waals surface area contributed by atoms with Gasteiger partial charge < -0.3 is 15.0 Å². The molecule has 1 saturated heterocycles. The predicted molar refractivity (Wildman–Crippen MR) is 67.0 cm³/mol. The van der Waals surface area contributed by atoms with Crippen LogP contribution in [0.4, 0.5) is 0 Å². The molecule has 1 atom stereocenters. The quantitative estimate of drug-likeness (QED) is 0.766. The van der Waals surface area contributed by atoms with E-state index in [1.807, 2.05) is 7.05 Å². The minimum Gasteiger partial charge on any atom is -0.377 e. The predicted octanol–water partition coefficient (Wildman–Crippen LogP) is 1.05. The Morgan fingerprint density at radius 2 is 2.31 bits per heavy atom. The minimum absolute atomic E-state index is 0. The molecule has 1 amide bonds. The molecule has 0 aromatic carbocycles. The fourth-order valence-corrected chi connectivity index (χ4v) is 1.74. The summed E-state index contributed by atoms with van der Waals surface area (Å²) in [5.41, 5.74) is 0. The molecule has 1 aliphatic rings. The van der Waals surface area contributed by atoms with Crippen LogP contribution < -0.4 is 5.32 Å². The normalized spacial score (nSPS) is 19.2. The number of hydrogen-bond acceptors (Lipinski definition) is 3. The molecule has 1 unspecified atom stereocenters. The zero-order chi connectivity index (χ0) is 11.1. The van der Waals surface area contributed by atoms with E-state index in [2.05, 4.69) is 12.2 Å². The number of ether oxygens (including phenoxy) is 1. The number of carbonyl (C=O) groups is 1. The molecule has 0 radical (unpaired) electrons. The highest BCUT2D eigenvalue weighted by atomic mass is 35.5. The van der Waals surface area contributed by atoms with Gasteiger partial charge in [-0.05, 0) is 19.3 Å². The number of halogens is 1. The molecular weight excluding hydrogens is 228 g/mol. The topological polar surface area (TPSA) is 41.6 Å². The van der Waals surface area contributed by atoms with Gasteiger partial charge in [-0.15, -0.1) is 12.4 Å². The first-order chi connectivity index (χ1) is 7.24. The first kappa shape index (κ1) is 15.7. The Bertz CT molecular complexity index is 196. The average Bonchev–Trinajstić information content (AvgIpc) is 2.71. The van der Waals surface area contributed by atoms with Gasteiger partial charge in [-0.25, -0.2) is 0 Å². The van der Waals surface area contributed by atoms with Gasteiger partial charge in [0.05, 0.1) is 12.6 Å². The summed E-state index contributed by atoms with van der Waals surface area (Å²) in [7, 11) is 1.85. The number of nitrogens with one attached hydrogen (secondary N) is 1. The molecule has 0 aromatic heterocycles.